The van der Waals surface area contributed by atoms with Gasteiger partial charge in [0.15, 0.2) is 0 Å². The van der Waals surface area contributed by atoms with Crippen molar-refractivity contribution in [2.45, 2.75) is 39.2 Å². The molecule has 3 amide bonds. The molecule has 3 aliphatic heterocycles. The second kappa shape index (κ2) is 14.1. The van der Waals surface area contributed by atoms with Crippen LogP contribution < -0.4 is 14.4 Å². The van der Waals surface area contributed by atoms with Gasteiger partial charge in [-0.05, 0) is 61.6 Å². The Balaban J connectivity index is 1.16. The normalized spacial score (nSPS) is 20.4. The maximum atomic E-state index is 13.5. The molecule has 11 heteroatoms. The van der Waals surface area contributed by atoms with Crippen LogP contribution in [0.1, 0.15) is 42.1 Å². The highest BCUT2D eigenvalue weighted by Crippen LogP contribution is 2.36. The molecule has 3 heterocycles. The average molecular weight is 627 g/mol. The standard InChI is InChI=1S/C33H43ClN4O6/c1-22-9-10-26(17-28(22)34)38(33(41)44-27-11-15-36(16-12-27)23(2)39)14-6-13-35-18-24-20-37(21-25(24)19-35)32(40)31-29(42-3)7-5-8-30(31)43-4/h5,7-10,17,24-25,27H,6,11-16,18-21H2,1-4H3. The summed E-state index contributed by atoms with van der Waals surface area (Å²) in [5, 5.41) is 0.604. The largest absolute Gasteiger partial charge is 0.496 e. The first-order valence-electron chi connectivity index (χ1n) is 15.4. The fourth-order valence-electron chi connectivity index (χ4n) is 6.68. The lowest BCUT2D eigenvalue weighted by molar-refractivity contribution is -0.130. The molecule has 2 aromatic carbocycles. The molecular formula is C33H43ClN4O6. The van der Waals surface area contributed by atoms with E-state index in [1.807, 2.05) is 36.1 Å². The zero-order valence-electron chi connectivity index (χ0n) is 26.1. The fourth-order valence-corrected chi connectivity index (χ4v) is 6.86. The average Bonchev–Trinajstić information content (AvgIpc) is 3.59. The number of aryl methyl sites for hydroxylation is 1. The second-order valence-electron chi connectivity index (χ2n) is 12.1. The van der Waals surface area contributed by atoms with E-state index in [1.165, 1.54) is 0 Å². The van der Waals surface area contributed by atoms with E-state index in [2.05, 4.69) is 4.90 Å². The molecule has 0 N–H and O–H groups in total. The molecule has 2 atom stereocenters. The van der Waals surface area contributed by atoms with Gasteiger partial charge in [0.05, 0.1) is 14.2 Å². The number of fused-ring (bicyclic) bond motifs is 1. The Hall–Kier alpha value is -3.50. The molecular weight excluding hydrogens is 584 g/mol. The van der Waals surface area contributed by atoms with Crippen LogP contribution in [0.3, 0.4) is 0 Å². The summed E-state index contributed by atoms with van der Waals surface area (Å²) >= 11 is 6.43. The number of benzene rings is 2. The number of rotatable bonds is 9. The van der Waals surface area contributed by atoms with Crippen molar-refractivity contribution in [3.8, 4) is 11.5 Å². The van der Waals surface area contributed by atoms with Gasteiger partial charge in [-0.15, -0.1) is 0 Å². The van der Waals surface area contributed by atoms with Crippen molar-refractivity contribution < 1.29 is 28.6 Å². The first-order chi connectivity index (χ1) is 21.2. The van der Waals surface area contributed by atoms with Crippen molar-refractivity contribution in [3.63, 3.8) is 0 Å². The Morgan fingerprint density at radius 2 is 1.57 bits per heavy atom. The van der Waals surface area contributed by atoms with Gasteiger partial charge in [-0.1, -0.05) is 23.7 Å². The molecule has 3 saturated heterocycles. The fraction of sp³-hybridized carbons (Fsp3) is 0.545. The van der Waals surface area contributed by atoms with E-state index in [9.17, 15) is 14.4 Å². The lowest BCUT2D eigenvalue weighted by atomic mass is 10.0. The predicted octanol–water partition coefficient (Wildman–Crippen LogP) is 4.71. The van der Waals surface area contributed by atoms with Gasteiger partial charge < -0.3 is 28.9 Å². The number of carbonyl (C=O) groups is 3. The molecule has 0 aliphatic carbocycles. The minimum Gasteiger partial charge on any atom is -0.496 e. The van der Waals surface area contributed by atoms with Crippen LogP contribution >= 0.6 is 11.6 Å². The van der Waals surface area contributed by atoms with Crippen molar-refractivity contribution in [2.24, 2.45) is 11.8 Å². The number of amides is 3. The van der Waals surface area contributed by atoms with E-state index in [0.29, 0.717) is 85.2 Å². The summed E-state index contributed by atoms with van der Waals surface area (Å²) in [4.78, 5) is 46.4. The number of likely N-dealkylation sites (tertiary alicyclic amines) is 3. The first-order valence-corrected chi connectivity index (χ1v) is 15.8. The van der Waals surface area contributed by atoms with Gasteiger partial charge in [-0.3, -0.25) is 14.5 Å². The van der Waals surface area contributed by atoms with Gasteiger partial charge in [0, 0.05) is 76.3 Å². The monoisotopic (exact) mass is 626 g/mol. The molecule has 44 heavy (non-hydrogen) atoms. The third kappa shape index (κ3) is 7.07. The van der Waals surface area contributed by atoms with Crippen molar-refractivity contribution >= 4 is 35.2 Å². The van der Waals surface area contributed by atoms with Crippen molar-refractivity contribution in [1.82, 2.24) is 14.7 Å². The van der Waals surface area contributed by atoms with Crippen LogP contribution in [-0.2, 0) is 9.53 Å². The highest BCUT2D eigenvalue weighted by atomic mass is 35.5. The molecule has 10 nitrogen and oxygen atoms in total. The molecule has 0 spiro atoms. The van der Waals surface area contributed by atoms with E-state index >= 15 is 0 Å². The minimum absolute atomic E-state index is 0.0488. The van der Waals surface area contributed by atoms with Crippen molar-refractivity contribution in [2.75, 3.05) is 71.5 Å². The Kier molecular flexibility index (Phi) is 10.2. The molecule has 0 aromatic heterocycles. The molecule has 0 saturated carbocycles. The summed E-state index contributed by atoms with van der Waals surface area (Å²) in [6, 6.07) is 11.0. The van der Waals surface area contributed by atoms with Crippen LogP contribution in [0.15, 0.2) is 36.4 Å². The molecule has 0 radical (unpaired) electrons. The molecule has 5 rings (SSSR count). The van der Waals surface area contributed by atoms with E-state index in [0.717, 1.165) is 31.6 Å². The maximum Gasteiger partial charge on any atom is 0.414 e. The number of anilines is 1. The summed E-state index contributed by atoms with van der Waals surface area (Å²) in [5.41, 5.74) is 2.13. The lowest BCUT2D eigenvalue weighted by Gasteiger charge is -2.32. The van der Waals surface area contributed by atoms with Gasteiger partial charge in [0.2, 0.25) is 5.91 Å². The maximum absolute atomic E-state index is 13.5. The highest BCUT2D eigenvalue weighted by Gasteiger charge is 2.42. The molecule has 3 aliphatic rings. The van der Waals surface area contributed by atoms with E-state index < -0.39 is 0 Å². The number of methoxy groups -OCH3 is 2. The molecule has 2 aromatic rings. The topological polar surface area (TPSA) is 91.9 Å². The number of hydrogen-bond donors (Lipinski definition) is 0. The van der Waals surface area contributed by atoms with Gasteiger partial charge in [-0.25, -0.2) is 4.79 Å². The van der Waals surface area contributed by atoms with Gasteiger partial charge in [-0.2, -0.15) is 0 Å². The minimum atomic E-state index is -0.384. The lowest BCUT2D eigenvalue weighted by Crippen LogP contribution is -2.43. The van der Waals surface area contributed by atoms with Crippen LogP contribution in [0.5, 0.6) is 11.5 Å². The summed E-state index contributed by atoms with van der Waals surface area (Å²) in [5.74, 6) is 1.83. The number of hydrogen-bond acceptors (Lipinski definition) is 7. The Labute approximate surface area is 264 Å². The summed E-state index contributed by atoms with van der Waals surface area (Å²) in [6.07, 6.45) is 1.43. The predicted molar refractivity (Wildman–Crippen MR) is 169 cm³/mol. The van der Waals surface area contributed by atoms with E-state index in [1.54, 1.807) is 43.1 Å². The SMILES string of the molecule is COc1cccc(OC)c1C(=O)N1CC2CN(CCCN(C(=O)OC3CCN(C(C)=O)CC3)c3ccc(C)c(Cl)c3)CC2C1. The van der Waals surface area contributed by atoms with Crippen LogP contribution in [0.2, 0.25) is 5.02 Å². The number of halogens is 1. The summed E-state index contributed by atoms with van der Waals surface area (Å²) < 4.78 is 16.9. The van der Waals surface area contributed by atoms with Crippen LogP contribution in [0.4, 0.5) is 10.5 Å². The number of carbonyl (C=O) groups excluding carboxylic acids is 3. The van der Waals surface area contributed by atoms with E-state index in [-0.39, 0.29) is 24.0 Å². The van der Waals surface area contributed by atoms with Gasteiger partial charge in [0.1, 0.15) is 23.2 Å². The molecule has 2 unspecified atom stereocenters. The third-order valence-corrected chi connectivity index (χ3v) is 9.60. The van der Waals surface area contributed by atoms with Crippen LogP contribution in [-0.4, -0.2) is 105 Å². The highest BCUT2D eigenvalue weighted by molar-refractivity contribution is 6.31. The van der Waals surface area contributed by atoms with Crippen molar-refractivity contribution in [3.05, 3.63) is 52.5 Å². The summed E-state index contributed by atoms with van der Waals surface area (Å²) in [6.45, 7) is 9.23. The van der Waals surface area contributed by atoms with Gasteiger partial charge >= 0.3 is 6.09 Å². The van der Waals surface area contributed by atoms with Gasteiger partial charge in [0.25, 0.3) is 5.91 Å². The second-order valence-corrected chi connectivity index (χ2v) is 12.5. The molecule has 238 valence electrons. The zero-order chi connectivity index (χ0) is 31.4. The smallest absolute Gasteiger partial charge is 0.414 e. The van der Waals surface area contributed by atoms with E-state index in [4.69, 9.17) is 25.8 Å². The van der Waals surface area contributed by atoms with Crippen LogP contribution in [0.25, 0.3) is 0 Å². The first kappa shape index (κ1) is 31.9. The Bertz CT molecular complexity index is 1330. The molecule has 0 bridgehead atoms. The number of nitrogens with zero attached hydrogens (tertiary/aromatic N) is 4. The Morgan fingerprint density at radius 1 is 0.932 bits per heavy atom. The van der Waals surface area contributed by atoms with Crippen molar-refractivity contribution in [1.29, 1.82) is 0 Å². The zero-order valence-corrected chi connectivity index (χ0v) is 26.8. The molecule has 3 fully saturated rings. The summed E-state index contributed by atoms with van der Waals surface area (Å²) in [7, 11) is 3.13. The van der Waals surface area contributed by atoms with Crippen LogP contribution in [0, 0.1) is 18.8 Å². The quantitative estimate of drug-likeness (QED) is 0.398. The number of ether oxygens (including phenoxy) is 3. The Morgan fingerprint density at radius 3 is 2.14 bits per heavy atom. The number of piperidine rings is 1. The third-order valence-electron chi connectivity index (χ3n) is 9.19.